The molecule has 7 heteroatoms. The summed E-state index contributed by atoms with van der Waals surface area (Å²) in [6.45, 7) is 0. The molecule has 0 radical (unpaired) electrons. The summed E-state index contributed by atoms with van der Waals surface area (Å²) in [5.41, 5.74) is 9.86. The second kappa shape index (κ2) is 5.86. The minimum absolute atomic E-state index is 0.452. The monoisotopic (exact) mass is 353 g/mol. The van der Waals surface area contributed by atoms with Crippen LogP contribution < -0.4 is 10.5 Å². The standard InChI is InChI=1S/C18H15N3O3S/c1-21-8-11-4-7-13-14(15(11)20-21)18(25-16(13)17(19)23)24-12-5-2-10(9-22)3-6-12/h2-3,5-6,8-9H,4,7H2,1H3,(H2,19,23). The van der Waals surface area contributed by atoms with Gasteiger partial charge in [-0.2, -0.15) is 5.10 Å². The molecular weight excluding hydrogens is 338 g/mol. The third-order valence-corrected chi connectivity index (χ3v) is 5.34. The predicted molar refractivity (Wildman–Crippen MR) is 94.4 cm³/mol. The average Bonchev–Trinajstić information content (AvgIpc) is 3.15. The Labute approximate surface area is 147 Å². The molecule has 2 N–H and O–H groups in total. The lowest BCUT2D eigenvalue weighted by Crippen LogP contribution is -2.13. The van der Waals surface area contributed by atoms with Crippen molar-refractivity contribution in [3.8, 4) is 22.1 Å². The molecule has 0 spiro atoms. The van der Waals surface area contributed by atoms with E-state index < -0.39 is 5.91 Å². The van der Waals surface area contributed by atoms with Crippen LogP contribution in [0, 0.1) is 0 Å². The Morgan fingerprint density at radius 1 is 1.32 bits per heavy atom. The van der Waals surface area contributed by atoms with Gasteiger partial charge < -0.3 is 10.5 Å². The number of aldehydes is 1. The van der Waals surface area contributed by atoms with Gasteiger partial charge in [-0.3, -0.25) is 14.3 Å². The summed E-state index contributed by atoms with van der Waals surface area (Å²) >= 11 is 1.25. The Morgan fingerprint density at radius 3 is 2.76 bits per heavy atom. The quantitative estimate of drug-likeness (QED) is 0.731. The van der Waals surface area contributed by atoms with Gasteiger partial charge in [0.2, 0.25) is 0 Å². The maximum Gasteiger partial charge on any atom is 0.259 e. The third kappa shape index (κ3) is 2.62. The van der Waals surface area contributed by atoms with Crippen LogP contribution in [0.5, 0.6) is 10.8 Å². The van der Waals surface area contributed by atoms with E-state index in [9.17, 15) is 9.59 Å². The van der Waals surface area contributed by atoms with Crippen molar-refractivity contribution >= 4 is 23.5 Å². The lowest BCUT2D eigenvalue weighted by Gasteiger charge is -2.13. The summed E-state index contributed by atoms with van der Waals surface area (Å²) in [6.07, 6.45) is 4.32. The number of nitrogens with zero attached hydrogens (tertiary/aromatic N) is 2. The van der Waals surface area contributed by atoms with E-state index in [0.717, 1.165) is 41.5 Å². The van der Waals surface area contributed by atoms with E-state index >= 15 is 0 Å². The molecule has 0 bridgehead atoms. The van der Waals surface area contributed by atoms with Gasteiger partial charge in [-0.25, -0.2) is 0 Å². The molecule has 3 aromatic rings. The molecule has 1 aliphatic carbocycles. The molecule has 1 aliphatic rings. The van der Waals surface area contributed by atoms with E-state index in [1.54, 1.807) is 28.9 Å². The molecule has 0 atom stereocenters. The van der Waals surface area contributed by atoms with Gasteiger partial charge in [0, 0.05) is 18.8 Å². The fourth-order valence-electron chi connectivity index (χ4n) is 3.10. The zero-order valence-corrected chi connectivity index (χ0v) is 14.3. The average molecular weight is 353 g/mol. The Morgan fingerprint density at radius 2 is 2.08 bits per heavy atom. The fourth-order valence-corrected chi connectivity index (χ4v) is 4.18. The number of aromatic nitrogens is 2. The summed E-state index contributed by atoms with van der Waals surface area (Å²) in [4.78, 5) is 23.2. The van der Waals surface area contributed by atoms with Crippen LogP contribution in [-0.2, 0) is 19.9 Å². The molecule has 0 saturated carbocycles. The SMILES string of the molecule is Cn1cc2c(n1)-c1c(Oc3ccc(C=O)cc3)sc(C(N)=O)c1CC2. The van der Waals surface area contributed by atoms with Crippen LogP contribution in [0.4, 0.5) is 0 Å². The van der Waals surface area contributed by atoms with Crippen molar-refractivity contribution < 1.29 is 14.3 Å². The van der Waals surface area contributed by atoms with Crippen LogP contribution in [-0.4, -0.2) is 22.0 Å². The van der Waals surface area contributed by atoms with E-state index in [0.29, 0.717) is 21.3 Å². The molecule has 6 nitrogen and oxygen atoms in total. The lowest BCUT2D eigenvalue weighted by molar-refractivity contribution is 0.100. The Bertz CT molecular complexity index is 986. The van der Waals surface area contributed by atoms with Gasteiger partial charge in [0.25, 0.3) is 5.91 Å². The molecule has 126 valence electrons. The van der Waals surface area contributed by atoms with Crippen molar-refractivity contribution in [2.24, 2.45) is 12.8 Å². The number of primary amides is 1. The van der Waals surface area contributed by atoms with Crippen molar-refractivity contribution in [3.63, 3.8) is 0 Å². The van der Waals surface area contributed by atoms with E-state index in [4.69, 9.17) is 10.5 Å². The van der Waals surface area contributed by atoms with Crippen LogP contribution in [0.2, 0.25) is 0 Å². The zero-order valence-electron chi connectivity index (χ0n) is 13.5. The molecule has 1 amide bonds. The highest BCUT2D eigenvalue weighted by Crippen LogP contribution is 2.47. The highest BCUT2D eigenvalue weighted by atomic mass is 32.1. The predicted octanol–water partition coefficient (Wildman–Crippen LogP) is 2.95. The number of nitrogens with two attached hydrogens (primary N) is 1. The number of fused-ring (bicyclic) bond motifs is 3. The molecule has 2 aromatic heterocycles. The number of benzene rings is 1. The molecule has 0 aliphatic heterocycles. The van der Waals surface area contributed by atoms with Crippen molar-refractivity contribution in [1.29, 1.82) is 0 Å². The Balaban J connectivity index is 1.82. The Kier molecular flexibility index (Phi) is 3.65. The number of amides is 1. The molecule has 25 heavy (non-hydrogen) atoms. The van der Waals surface area contributed by atoms with Gasteiger partial charge in [-0.1, -0.05) is 11.3 Å². The first kappa shape index (κ1) is 15.6. The highest BCUT2D eigenvalue weighted by Gasteiger charge is 2.30. The second-order valence-corrected chi connectivity index (χ2v) is 6.89. The summed E-state index contributed by atoms with van der Waals surface area (Å²) in [6, 6.07) is 6.82. The van der Waals surface area contributed by atoms with E-state index in [1.165, 1.54) is 11.3 Å². The van der Waals surface area contributed by atoms with Gasteiger partial charge in [0.05, 0.1) is 10.4 Å². The molecule has 0 unspecified atom stereocenters. The number of thiophene rings is 1. The van der Waals surface area contributed by atoms with E-state index in [1.807, 2.05) is 13.2 Å². The van der Waals surface area contributed by atoms with Crippen molar-refractivity contribution in [1.82, 2.24) is 9.78 Å². The number of hydrogen-bond donors (Lipinski definition) is 1. The maximum atomic E-state index is 11.9. The van der Waals surface area contributed by atoms with Gasteiger partial charge in [0.1, 0.15) is 17.7 Å². The number of ether oxygens (including phenoxy) is 1. The number of hydrogen-bond acceptors (Lipinski definition) is 5. The minimum Gasteiger partial charge on any atom is -0.446 e. The topological polar surface area (TPSA) is 87.2 Å². The first-order chi connectivity index (χ1) is 12.1. The zero-order chi connectivity index (χ0) is 17.6. The van der Waals surface area contributed by atoms with Crippen LogP contribution in [0.1, 0.15) is 31.2 Å². The lowest BCUT2D eigenvalue weighted by atomic mass is 9.92. The van der Waals surface area contributed by atoms with Crippen molar-refractivity contribution in [3.05, 3.63) is 52.0 Å². The summed E-state index contributed by atoms with van der Waals surface area (Å²) < 4.78 is 7.79. The number of aryl methyl sites for hydroxylation is 2. The minimum atomic E-state index is -0.452. The van der Waals surface area contributed by atoms with E-state index in [-0.39, 0.29) is 0 Å². The molecule has 1 aromatic carbocycles. The number of carbonyl (C=O) groups is 2. The van der Waals surface area contributed by atoms with Gasteiger partial charge >= 0.3 is 0 Å². The Hall–Kier alpha value is -2.93. The fraction of sp³-hybridized carbons (Fsp3) is 0.167. The normalized spacial score (nSPS) is 12.4. The van der Waals surface area contributed by atoms with Crippen LogP contribution in [0.25, 0.3) is 11.3 Å². The number of rotatable bonds is 4. The molecule has 0 saturated heterocycles. The summed E-state index contributed by atoms with van der Waals surface area (Å²) in [7, 11) is 1.87. The van der Waals surface area contributed by atoms with Gasteiger partial charge in [-0.05, 0) is 48.2 Å². The van der Waals surface area contributed by atoms with Crippen molar-refractivity contribution in [2.75, 3.05) is 0 Å². The van der Waals surface area contributed by atoms with Crippen LogP contribution >= 0.6 is 11.3 Å². The summed E-state index contributed by atoms with van der Waals surface area (Å²) in [5.74, 6) is 0.139. The van der Waals surface area contributed by atoms with Crippen molar-refractivity contribution in [2.45, 2.75) is 12.8 Å². The highest BCUT2D eigenvalue weighted by molar-refractivity contribution is 7.16. The largest absolute Gasteiger partial charge is 0.446 e. The first-order valence-corrected chi connectivity index (χ1v) is 8.60. The molecular formula is C18H15N3O3S. The summed E-state index contributed by atoms with van der Waals surface area (Å²) in [5, 5.41) is 5.14. The second-order valence-electron chi connectivity index (χ2n) is 5.90. The van der Waals surface area contributed by atoms with E-state index in [2.05, 4.69) is 5.10 Å². The number of carbonyl (C=O) groups excluding carboxylic acids is 2. The van der Waals surface area contributed by atoms with Gasteiger partial charge in [-0.15, -0.1) is 0 Å². The van der Waals surface area contributed by atoms with Crippen LogP contribution in [0.3, 0.4) is 0 Å². The third-order valence-electron chi connectivity index (χ3n) is 4.21. The van der Waals surface area contributed by atoms with Gasteiger partial charge in [0.15, 0.2) is 5.06 Å². The molecule has 2 heterocycles. The molecule has 4 rings (SSSR count). The first-order valence-electron chi connectivity index (χ1n) is 7.78. The smallest absolute Gasteiger partial charge is 0.259 e. The maximum absolute atomic E-state index is 11.9. The molecule has 0 fully saturated rings. The van der Waals surface area contributed by atoms with Crippen LogP contribution in [0.15, 0.2) is 30.5 Å².